The first-order valence-electron chi connectivity index (χ1n) is 8.37. The highest BCUT2D eigenvalue weighted by atomic mass is 32.2. The topological polar surface area (TPSA) is 104 Å². The average Bonchev–Trinajstić information content (AvgIpc) is 2.62. The van der Waals surface area contributed by atoms with Crippen LogP contribution in [0.3, 0.4) is 0 Å². The summed E-state index contributed by atoms with van der Waals surface area (Å²) < 4.78 is 26.6. The molecule has 0 aliphatic carbocycles. The molecule has 1 amide bonds. The van der Waals surface area contributed by atoms with Gasteiger partial charge in [0.1, 0.15) is 5.54 Å². The molecule has 0 spiro atoms. The molecule has 1 unspecified atom stereocenters. The fourth-order valence-corrected chi connectivity index (χ4v) is 4.17. The van der Waals surface area contributed by atoms with E-state index in [1.807, 2.05) is 0 Å². The number of hydrogen-bond donors (Lipinski definition) is 2. The predicted octanol–water partition coefficient (Wildman–Crippen LogP) is 1.84. The Morgan fingerprint density at radius 1 is 1.16 bits per heavy atom. The third-order valence-electron chi connectivity index (χ3n) is 4.64. The second kappa shape index (κ2) is 7.53. The summed E-state index contributed by atoms with van der Waals surface area (Å²) in [7, 11) is -3.55. The van der Waals surface area contributed by atoms with Crippen molar-refractivity contribution in [2.24, 2.45) is 0 Å². The van der Waals surface area contributed by atoms with E-state index in [0.29, 0.717) is 13.1 Å². The molecule has 1 atom stereocenters. The Bertz CT molecular complexity index is 739. The van der Waals surface area contributed by atoms with Crippen LogP contribution in [0.4, 0.5) is 0 Å². The molecule has 1 heterocycles. The number of hydrogen-bond acceptors (Lipinski definition) is 4. The lowest BCUT2D eigenvalue weighted by Crippen LogP contribution is -2.51. The number of nitrogens with zero attached hydrogens (tertiary/aromatic N) is 1. The van der Waals surface area contributed by atoms with Crippen LogP contribution in [0.2, 0.25) is 0 Å². The molecular weight excluding hydrogens is 344 g/mol. The maximum atomic E-state index is 12.6. The van der Waals surface area contributed by atoms with Crippen LogP contribution in [0.1, 0.15) is 49.9 Å². The van der Waals surface area contributed by atoms with Crippen molar-refractivity contribution >= 4 is 21.9 Å². The molecule has 8 heteroatoms. The van der Waals surface area contributed by atoms with Crippen LogP contribution < -0.4 is 5.32 Å². The van der Waals surface area contributed by atoms with Crippen molar-refractivity contribution in [3.8, 4) is 0 Å². The van der Waals surface area contributed by atoms with Gasteiger partial charge in [-0.25, -0.2) is 13.2 Å². The van der Waals surface area contributed by atoms with E-state index < -0.39 is 27.4 Å². The van der Waals surface area contributed by atoms with Crippen LogP contribution in [-0.4, -0.2) is 48.3 Å². The van der Waals surface area contributed by atoms with E-state index in [2.05, 4.69) is 5.32 Å². The van der Waals surface area contributed by atoms with Gasteiger partial charge in [0.25, 0.3) is 5.91 Å². The van der Waals surface area contributed by atoms with E-state index in [-0.39, 0.29) is 16.9 Å². The van der Waals surface area contributed by atoms with E-state index in [4.69, 9.17) is 0 Å². The first-order chi connectivity index (χ1) is 11.7. The van der Waals surface area contributed by atoms with E-state index >= 15 is 0 Å². The fraction of sp³-hybridized carbons (Fsp3) is 0.529. The van der Waals surface area contributed by atoms with Gasteiger partial charge in [-0.2, -0.15) is 4.31 Å². The van der Waals surface area contributed by atoms with E-state index in [9.17, 15) is 23.1 Å². The minimum Gasteiger partial charge on any atom is -0.480 e. The summed E-state index contributed by atoms with van der Waals surface area (Å²) in [5.74, 6) is -1.67. The van der Waals surface area contributed by atoms with Crippen LogP contribution in [0.5, 0.6) is 0 Å². The highest BCUT2D eigenvalue weighted by molar-refractivity contribution is 7.89. The summed E-state index contributed by atoms with van der Waals surface area (Å²) in [4.78, 5) is 23.7. The van der Waals surface area contributed by atoms with Gasteiger partial charge in [0.05, 0.1) is 4.90 Å². The molecule has 0 radical (unpaired) electrons. The molecule has 0 bridgehead atoms. The van der Waals surface area contributed by atoms with Crippen molar-refractivity contribution in [1.29, 1.82) is 0 Å². The highest BCUT2D eigenvalue weighted by Gasteiger charge is 2.33. The molecule has 0 aromatic heterocycles. The second-order valence-corrected chi connectivity index (χ2v) is 8.37. The molecule has 1 aliphatic heterocycles. The van der Waals surface area contributed by atoms with Crippen LogP contribution >= 0.6 is 0 Å². The monoisotopic (exact) mass is 368 g/mol. The molecule has 25 heavy (non-hydrogen) atoms. The maximum Gasteiger partial charge on any atom is 0.329 e. The van der Waals surface area contributed by atoms with Gasteiger partial charge in [0.15, 0.2) is 0 Å². The summed E-state index contributed by atoms with van der Waals surface area (Å²) >= 11 is 0. The van der Waals surface area contributed by atoms with Gasteiger partial charge in [0.2, 0.25) is 10.0 Å². The quantitative estimate of drug-likeness (QED) is 0.797. The Morgan fingerprint density at radius 2 is 1.72 bits per heavy atom. The minimum atomic E-state index is -3.55. The average molecular weight is 368 g/mol. The first-order valence-corrected chi connectivity index (χ1v) is 9.81. The normalized spacial score (nSPS) is 18.3. The molecule has 1 aliphatic rings. The molecule has 1 aromatic rings. The fourth-order valence-electron chi connectivity index (χ4n) is 2.65. The SMILES string of the molecule is CCC(C)(NC(=O)c1ccc(S(=O)(=O)N2CCCCC2)cc1)C(=O)O. The van der Waals surface area contributed by atoms with Crippen molar-refractivity contribution in [3.05, 3.63) is 29.8 Å². The summed E-state index contributed by atoms with van der Waals surface area (Å²) in [6.45, 7) is 4.13. The Balaban J connectivity index is 2.16. The van der Waals surface area contributed by atoms with E-state index in [1.165, 1.54) is 35.5 Å². The predicted molar refractivity (Wildman–Crippen MR) is 92.8 cm³/mol. The molecule has 1 aromatic carbocycles. The second-order valence-electron chi connectivity index (χ2n) is 6.43. The molecular formula is C17H24N2O5S. The number of piperidine rings is 1. The van der Waals surface area contributed by atoms with Crippen molar-refractivity contribution in [3.63, 3.8) is 0 Å². The number of carbonyl (C=O) groups is 2. The van der Waals surface area contributed by atoms with Crippen molar-refractivity contribution < 1.29 is 23.1 Å². The number of rotatable bonds is 6. The summed E-state index contributed by atoms with van der Waals surface area (Å²) in [5.41, 5.74) is -1.14. The van der Waals surface area contributed by atoms with Gasteiger partial charge < -0.3 is 10.4 Å². The lowest BCUT2D eigenvalue weighted by atomic mass is 9.98. The molecule has 0 saturated carbocycles. The third kappa shape index (κ3) is 4.19. The molecule has 7 nitrogen and oxygen atoms in total. The van der Waals surface area contributed by atoms with Crippen LogP contribution in [0.15, 0.2) is 29.2 Å². The number of carbonyl (C=O) groups excluding carboxylic acids is 1. The van der Waals surface area contributed by atoms with Crippen LogP contribution in [-0.2, 0) is 14.8 Å². The zero-order valence-corrected chi connectivity index (χ0v) is 15.3. The van der Waals surface area contributed by atoms with Gasteiger partial charge in [-0.05, 0) is 50.5 Å². The number of sulfonamides is 1. The Morgan fingerprint density at radius 3 is 2.20 bits per heavy atom. The van der Waals surface area contributed by atoms with Gasteiger partial charge in [0, 0.05) is 18.7 Å². The Hall–Kier alpha value is -1.93. The molecule has 1 saturated heterocycles. The Labute approximate surface area is 148 Å². The summed E-state index contributed by atoms with van der Waals surface area (Å²) in [5, 5.41) is 11.7. The Kier molecular flexibility index (Phi) is 5.84. The lowest BCUT2D eigenvalue weighted by molar-refractivity contribution is -0.143. The summed E-state index contributed by atoms with van der Waals surface area (Å²) in [6.07, 6.45) is 2.97. The third-order valence-corrected chi connectivity index (χ3v) is 6.55. The van der Waals surface area contributed by atoms with Crippen LogP contribution in [0.25, 0.3) is 0 Å². The van der Waals surface area contributed by atoms with E-state index in [1.54, 1.807) is 6.92 Å². The molecule has 2 rings (SSSR count). The number of carboxylic acids is 1. The van der Waals surface area contributed by atoms with Crippen molar-refractivity contribution in [2.75, 3.05) is 13.1 Å². The largest absolute Gasteiger partial charge is 0.480 e. The van der Waals surface area contributed by atoms with Crippen LogP contribution in [0, 0.1) is 0 Å². The smallest absolute Gasteiger partial charge is 0.329 e. The number of aliphatic carboxylic acids is 1. The molecule has 1 fully saturated rings. The highest BCUT2D eigenvalue weighted by Crippen LogP contribution is 2.21. The van der Waals surface area contributed by atoms with Gasteiger partial charge in [-0.15, -0.1) is 0 Å². The maximum absolute atomic E-state index is 12.6. The first kappa shape index (κ1) is 19.4. The van der Waals surface area contributed by atoms with Gasteiger partial charge in [-0.3, -0.25) is 4.79 Å². The zero-order chi connectivity index (χ0) is 18.7. The van der Waals surface area contributed by atoms with Crippen molar-refractivity contribution in [2.45, 2.75) is 50.0 Å². The number of benzene rings is 1. The van der Waals surface area contributed by atoms with Gasteiger partial charge >= 0.3 is 5.97 Å². The molecule has 2 N–H and O–H groups in total. The lowest BCUT2D eigenvalue weighted by Gasteiger charge is -2.26. The number of nitrogens with one attached hydrogen (secondary N) is 1. The standard InChI is InChI=1S/C17H24N2O5S/c1-3-17(2,16(21)22)18-15(20)13-7-9-14(10-8-13)25(23,24)19-11-5-4-6-12-19/h7-10H,3-6,11-12H2,1-2H3,(H,18,20)(H,21,22). The number of amides is 1. The zero-order valence-electron chi connectivity index (χ0n) is 14.5. The summed E-state index contributed by atoms with van der Waals surface area (Å²) in [6, 6.07) is 5.60. The van der Waals surface area contributed by atoms with Gasteiger partial charge in [-0.1, -0.05) is 13.3 Å². The number of carboxylic acid groups (broad SMARTS) is 1. The minimum absolute atomic E-state index is 0.141. The van der Waals surface area contributed by atoms with Crippen molar-refractivity contribution in [1.82, 2.24) is 9.62 Å². The molecule has 138 valence electrons. The van der Waals surface area contributed by atoms with E-state index in [0.717, 1.165) is 19.3 Å².